The molecule has 2 nitrogen and oxygen atoms in total. The third-order valence-electron chi connectivity index (χ3n) is 1.62. The topological polar surface area (TPSA) is 20.3 Å². The van der Waals surface area contributed by atoms with Crippen LogP contribution < -0.4 is 0 Å². The molecule has 0 saturated carbocycles. The van der Waals surface area contributed by atoms with Crippen LogP contribution in [0.1, 0.15) is 12.8 Å². The van der Waals surface area contributed by atoms with Gasteiger partial charge in [0.05, 0.1) is 0 Å². The molecule has 0 spiro atoms. The minimum Gasteiger partial charge on any atom is -0.334 e. The van der Waals surface area contributed by atoms with Crippen molar-refractivity contribution in [2.24, 2.45) is 0 Å². The highest BCUT2D eigenvalue weighted by atomic mass is 19.3. The maximum atomic E-state index is 12.4. The molecule has 1 amide bonds. The molecule has 1 aliphatic rings. The number of nitrogens with zero attached hydrogens (tertiary/aromatic N) is 1. The molecule has 1 fully saturated rings. The van der Waals surface area contributed by atoms with Crippen molar-refractivity contribution in [3.05, 3.63) is 0 Å². The van der Waals surface area contributed by atoms with E-state index in [0.29, 0.717) is 0 Å². The van der Waals surface area contributed by atoms with Crippen LogP contribution in [-0.4, -0.2) is 30.3 Å². The molecule has 1 radical (unpaired) electrons. The molecule has 0 bridgehead atoms. The Morgan fingerprint density at radius 1 is 1.30 bits per heavy atom. The smallest absolute Gasteiger partial charge is 0.312 e. The summed E-state index contributed by atoms with van der Waals surface area (Å²) in [6, 6.07) is 0. The first-order valence-electron chi connectivity index (χ1n) is 3.15. The average Bonchev–Trinajstić information content (AvgIpc) is 1.88. The first kappa shape index (κ1) is 7.44. The first-order chi connectivity index (χ1) is 4.64. The molecular formula is C6H8F2NO. The molecule has 1 heterocycles. The molecule has 57 valence electrons. The summed E-state index contributed by atoms with van der Waals surface area (Å²) in [4.78, 5) is 11.2. The van der Waals surface area contributed by atoms with E-state index in [1.165, 1.54) is 4.90 Å². The van der Waals surface area contributed by atoms with Gasteiger partial charge in [0.15, 0.2) is 0 Å². The van der Waals surface area contributed by atoms with Gasteiger partial charge in [-0.15, -0.1) is 0 Å². The van der Waals surface area contributed by atoms with Gasteiger partial charge in [-0.3, -0.25) is 4.79 Å². The van der Waals surface area contributed by atoms with Crippen molar-refractivity contribution in [1.29, 1.82) is 0 Å². The van der Waals surface area contributed by atoms with E-state index in [2.05, 4.69) is 0 Å². The minimum atomic E-state index is -2.56. The molecular weight excluding hydrogens is 140 g/mol. The summed E-state index contributed by atoms with van der Waals surface area (Å²) < 4.78 is 24.7. The van der Waals surface area contributed by atoms with E-state index < -0.39 is 5.92 Å². The Labute approximate surface area is 57.8 Å². The van der Waals surface area contributed by atoms with Crippen molar-refractivity contribution in [1.82, 2.24) is 4.90 Å². The van der Waals surface area contributed by atoms with Crippen molar-refractivity contribution in [2.45, 2.75) is 18.8 Å². The van der Waals surface area contributed by atoms with E-state index >= 15 is 0 Å². The number of hydrogen-bond acceptors (Lipinski definition) is 1. The van der Waals surface area contributed by atoms with E-state index in [1.54, 1.807) is 6.41 Å². The summed E-state index contributed by atoms with van der Waals surface area (Å²) in [5.41, 5.74) is 0. The van der Waals surface area contributed by atoms with E-state index in [4.69, 9.17) is 0 Å². The highest BCUT2D eigenvalue weighted by Gasteiger charge is 2.33. The van der Waals surface area contributed by atoms with Gasteiger partial charge in [-0.2, -0.15) is 0 Å². The van der Waals surface area contributed by atoms with Gasteiger partial charge in [0, 0.05) is 25.9 Å². The van der Waals surface area contributed by atoms with Gasteiger partial charge < -0.3 is 4.90 Å². The van der Waals surface area contributed by atoms with E-state index in [-0.39, 0.29) is 25.9 Å². The Morgan fingerprint density at radius 3 is 2.20 bits per heavy atom. The Kier molecular flexibility index (Phi) is 1.87. The van der Waals surface area contributed by atoms with Gasteiger partial charge in [-0.25, -0.2) is 8.78 Å². The molecule has 0 atom stereocenters. The molecule has 0 aromatic rings. The van der Waals surface area contributed by atoms with Gasteiger partial charge in [0.25, 0.3) is 5.92 Å². The van der Waals surface area contributed by atoms with Crippen LogP contribution in [0.25, 0.3) is 0 Å². The normalized spacial score (nSPS) is 24.4. The van der Waals surface area contributed by atoms with Crippen LogP contribution in [0.2, 0.25) is 0 Å². The highest BCUT2D eigenvalue weighted by Crippen LogP contribution is 2.26. The summed E-state index contributed by atoms with van der Waals surface area (Å²) in [5, 5.41) is 0. The van der Waals surface area contributed by atoms with Crippen molar-refractivity contribution < 1.29 is 13.6 Å². The van der Waals surface area contributed by atoms with Gasteiger partial charge in [-0.05, 0) is 0 Å². The van der Waals surface area contributed by atoms with Crippen LogP contribution in [0.4, 0.5) is 8.78 Å². The highest BCUT2D eigenvalue weighted by molar-refractivity contribution is 5.48. The summed E-state index contributed by atoms with van der Waals surface area (Å²) >= 11 is 0. The van der Waals surface area contributed by atoms with Crippen molar-refractivity contribution >= 4 is 6.41 Å². The standard InChI is InChI=1S/C6H8F2NO/c7-6(8)1-3-9(5-10)4-2-6/h1-4H2. The Bertz CT molecular complexity index is 128. The van der Waals surface area contributed by atoms with Gasteiger partial charge >= 0.3 is 6.41 Å². The molecule has 0 unspecified atom stereocenters. The SMILES string of the molecule is O=[C]N1CCC(F)(F)CC1. The van der Waals surface area contributed by atoms with E-state index in [0.717, 1.165) is 0 Å². The van der Waals surface area contributed by atoms with Crippen molar-refractivity contribution in [3.63, 3.8) is 0 Å². The van der Waals surface area contributed by atoms with Crippen molar-refractivity contribution in [2.75, 3.05) is 13.1 Å². The lowest BCUT2D eigenvalue weighted by Crippen LogP contribution is -2.38. The van der Waals surface area contributed by atoms with Crippen LogP contribution in [0.5, 0.6) is 0 Å². The fourth-order valence-electron chi connectivity index (χ4n) is 0.925. The maximum absolute atomic E-state index is 12.4. The molecule has 10 heavy (non-hydrogen) atoms. The lowest BCUT2D eigenvalue weighted by molar-refractivity contribution is -0.0436. The number of rotatable bonds is 1. The third kappa shape index (κ3) is 1.65. The summed E-state index contributed by atoms with van der Waals surface area (Å²) in [6.45, 7) is 0.271. The number of hydrogen-bond donors (Lipinski definition) is 0. The van der Waals surface area contributed by atoms with E-state index in [9.17, 15) is 13.6 Å². The van der Waals surface area contributed by atoms with Crippen LogP contribution in [-0.2, 0) is 4.79 Å². The molecule has 0 aromatic heterocycles. The van der Waals surface area contributed by atoms with Gasteiger partial charge in [0.2, 0.25) is 0 Å². The monoisotopic (exact) mass is 148 g/mol. The minimum absolute atomic E-state index is 0.135. The zero-order valence-electron chi connectivity index (χ0n) is 5.44. The van der Waals surface area contributed by atoms with Gasteiger partial charge in [-0.1, -0.05) is 0 Å². The Morgan fingerprint density at radius 2 is 1.80 bits per heavy atom. The Hall–Kier alpha value is -0.670. The fraction of sp³-hybridized carbons (Fsp3) is 0.833. The number of alkyl halides is 2. The number of likely N-dealkylation sites (tertiary alicyclic amines) is 1. The fourth-order valence-corrected chi connectivity index (χ4v) is 0.925. The lowest BCUT2D eigenvalue weighted by Gasteiger charge is -2.27. The largest absolute Gasteiger partial charge is 0.334 e. The molecule has 4 heteroatoms. The maximum Gasteiger partial charge on any atom is 0.312 e. The third-order valence-corrected chi connectivity index (χ3v) is 1.62. The second-order valence-electron chi connectivity index (χ2n) is 2.43. The number of piperidine rings is 1. The predicted molar refractivity (Wildman–Crippen MR) is 31.4 cm³/mol. The zero-order valence-corrected chi connectivity index (χ0v) is 5.44. The van der Waals surface area contributed by atoms with Crippen LogP contribution in [0.15, 0.2) is 0 Å². The average molecular weight is 148 g/mol. The summed E-state index contributed by atoms with van der Waals surface area (Å²) in [5.74, 6) is -2.56. The predicted octanol–water partition coefficient (Wildman–Crippen LogP) is 0.785. The molecule has 0 aromatic carbocycles. The zero-order chi connectivity index (χ0) is 7.61. The van der Waals surface area contributed by atoms with Crippen molar-refractivity contribution in [3.8, 4) is 0 Å². The summed E-state index contributed by atoms with van der Waals surface area (Å²) in [7, 11) is 0. The summed E-state index contributed by atoms with van der Waals surface area (Å²) in [6.07, 6.45) is 1.15. The van der Waals surface area contributed by atoms with Gasteiger partial charge in [0.1, 0.15) is 0 Å². The van der Waals surface area contributed by atoms with Crippen LogP contribution in [0.3, 0.4) is 0 Å². The molecule has 0 N–H and O–H groups in total. The molecule has 1 saturated heterocycles. The van der Waals surface area contributed by atoms with Crippen LogP contribution in [0, 0.1) is 0 Å². The second-order valence-corrected chi connectivity index (χ2v) is 2.43. The molecule has 1 aliphatic heterocycles. The molecule has 0 aliphatic carbocycles. The number of amides is 1. The van der Waals surface area contributed by atoms with E-state index in [1.807, 2.05) is 0 Å². The molecule has 1 rings (SSSR count). The number of carbonyl (C=O) groups excluding carboxylic acids is 1. The Balaban J connectivity index is 2.38. The first-order valence-corrected chi connectivity index (χ1v) is 3.15. The van der Waals surface area contributed by atoms with Crippen LogP contribution >= 0.6 is 0 Å². The number of halogens is 2. The second kappa shape index (κ2) is 2.52. The lowest BCUT2D eigenvalue weighted by atomic mass is 10.1. The quantitative estimate of drug-likeness (QED) is 0.538.